The van der Waals surface area contributed by atoms with Gasteiger partial charge in [0, 0.05) is 6.54 Å². The fourth-order valence-corrected chi connectivity index (χ4v) is 4.38. The highest BCUT2D eigenvalue weighted by Gasteiger charge is 2.49. The van der Waals surface area contributed by atoms with Gasteiger partial charge in [0.25, 0.3) is 5.91 Å². The Morgan fingerprint density at radius 3 is 2.36 bits per heavy atom. The molecule has 0 radical (unpaired) electrons. The molecule has 0 aromatic heterocycles. The van der Waals surface area contributed by atoms with Gasteiger partial charge in [0.05, 0.1) is 10.6 Å². The normalized spacial score (nSPS) is 19.8. The summed E-state index contributed by atoms with van der Waals surface area (Å²) in [6, 6.07) is 10.1. The highest BCUT2D eigenvalue weighted by Crippen LogP contribution is 2.30. The van der Waals surface area contributed by atoms with E-state index in [1.54, 1.807) is 18.2 Å². The number of rotatable bonds is 6. The number of carbonyl (C=O) groups excluding carboxylic acids is 2. The van der Waals surface area contributed by atoms with Crippen molar-refractivity contribution < 1.29 is 26.8 Å². The van der Waals surface area contributed by atoms with Crippen LogP contribution in [0.1, 0.15) is 18.9 Å². The number of carbonyl (C=O) groups is 2. The molecule has 148 valence electrons. The molecular formula is C19H18F2N2O4S. The molecule has 2 aromatic carbocycles. The number of benzene rings is 2. The Bertz CT molecular complexity index is 1030. The summed E-state index contributed by atoms with van der Waals surface area (Å²) in [5.74, 6) is -3.09. The van der Waals surface area contributed by atoms with Gasteiger partial charge in [-0.1, -0.05) is 24.3 Å². The summed E-state index contributed by atoms with van der Waals surface area (Å²) in [5, 5.41) is 2.47. The summed E-state index contributed by atoms with van der Waals surface area (Å²) in [6.45, 7) is 1.27. The molecule has 1 atom stereocenters. The number of amides is 3. The van der Waals surface area contributed by atoms with Gasteiger partial charge in [0.2, 0.25) is 0 Å². The fraction of sp³-hybridized carbons (Fsp3) is 0.263. The molecule has 1 N–H and O–H groups in total. The first-order chi connectivity index (χ1) is 13.1. The van der Waals surface area contributed by atoms with Gasteiger partial charge in [-0.15, -0.1) is 0 Å². The average Bonchev–Trinajstić information content (AvgIpc) is 2.88. The molecule has 1 aliphatic rings. The molecule has 9 heteroatoms. The highest BCUT2D eigenvalue weighted by atomic mass is 32.2. The van der Waals surface area contributed by atoms with Gasteiger partial charge in [-0.2, -0.15) is 0 Å². The van der Waals surface area contributed by atoms with E-state index in [0.717, 1.165) is 17.0 Å². The van der Waals surface area contributed by atoms with Crippen LogP contribution in [0.25, 0.3) is 0 Å². The molecule has 1 heterocycles. The van der Waals surface area contributed by atoms with Crippen LogP contribution < -0.4 is 5.32 Å². The third-order valence-corrected chi connectivity index (χ3v) is 6.49. The number of imide groups is 1. The van der Waals surface area contributed by atoms with Gasteiger partial charge in [0.15, 0.2) is 21.5 Å². The quantitative estimate of drug-likeness (QED) is 0.745. The molecular weight excluding hydrogens is 390 g/mol. The maximum Gasteiger partial charge on any atom is 0.325 e. The molecule has 0 aliphatic carbocycles. The minimum absolute atomic E-state index is 0.0459. The first-order valence-corrected chi connectivity index (χ1v) is 10.2. The van der Waals surface area contributed by atoms with Crippen LogP contribution in [-0.4, -0.2) is 37.6 Å². The number of halogens is 2. The van der Waals surface area contributed by atoms with Crippen molar-refractivity contribution in [1.82, 2.24) is 10.2 Å². The van der Waals surface area contributed by atoms with Gasteiger partial charge in [-0.05, 0) is 43.2 Å². The minimum atomic E-state index is -3.54. The Balaban J connectivity index is 1.71. The highest BCUT2D eigenvalue weighted by molar-refractivity contribution is 7.91. The molecule has 0 bridgehead atoms. The zero-order chi connectivity index (χ0) is 20.5. The van der Waals surface area contributed by atoms with E-state index in [-0.39, 0.29) is 29.2 Å². The zero-order valence-electron chi connectivity index (χ0n) is 15.0. The van der Waals surface area contributed by atoms with Crippen LogP contribution in [0, 0.1) is 11.6 Å². The SMILES string of the molecule is CC1(c2ccc(F)c(F)c2)NC(=O)N(CCCS(=O)(=O)c2ccccc2)C1=O. The second-order valence-corrected chi connectivity index (χ2v) is 8.74. The molecule has 0 spiro atoms. The lowest BCUT2D eigenvalue weighted by molar-refractivity contribution is -0.131. The van der Waals surface area contributed by atoms with E-state index >= 15 is 0 Å². The number of sulfone groups is 1. The van der Waals surface area contributed by atoms with Gasteiger partial charge in [0.1, 0.15) is 5.54 Å². The first kappa shape index (κ1) is 19.9. The average molecular weight is 408 g/mol. The van der Waals surface area contributed by atoms with Crippen molar-refractivity contribution in [1.29, 1.82) is 0 Å². The molecule has 6 nitrogen and oxygen atoms in total. The summed E-state index contributed by atoms with van der Waals surface area (Å²) >= 11 is 0. The maximum absolute atomic E-state index is 13.5. The van der Waals surface area contributed by atoms with E-state index in [2.05, 4.69) is 5.32 Å². The van der Waals surface area contributed by atoms with Crippen molar-refractivity contribution in [3.05, 3.63) is 65.7 Å². The van der Waals surface area contributed by atoms with Crippen LogP contribution >= 0.6 is 0 Å². The Morgan fingerprint density at radius 1 is 1.04 bits per heavy atom. The van der Waals surface area contributed by atoms with Crippen LogP contribution in [0.4, 0.5) is 13.6 Å². The lowest BCUT2D eigenvalue weighted by Crippen LogP contribution is -2.41. The second-order valence-electron chi connectivity index (χ2n) is 6.63. The van der Waals surface area contributed by atoms with Crippen molar-refractivity contribution >= 4 is 21.8 Å². The van der Waals surface area contributed by atoms with Crippen molar-refractivity contribution in [2.24, 2.45) is 0 Å². The molecule has 28 heavy (non-hydrogen) atoms. The number of hydrogen-bond donors (Lipinski definition) is 1. The van der Waals surface area contributed by atoms with E-state index in [1.807, 2.05) is 0 Å². The first-order valence-electron chi connectivity index (χ1n) is 8.52. The van der Waals surface area contributed by atoms with Crippen LogP contribution in [0.5, 0.6) is 0 Å². The van der Waals surface area contributed by atoms with Crippen LogP contribution in [0.15, 0.2) is 53.4 Å². The lowest BCUT2D eigenvalue weighted by Gasteiger charge is -2.22. The molecule has 1 aliphatic heterocycles. The Kier molecular flexibility index (Phi) is 5.20. The van der Waals surface area contributed by atoms with E-state index in [4.69, 9.17) is 0 Å². The third-order valence-electron chi connectivity index (χ3n) is 4.67. The third kappa shape index (κ3) is 3.62. The predicted molar refractivity (Wildman–Crippen MR) is 97.1 cm³/mol. The summed E-state index contributed by atoms with van der Waals surface area (Å²) in [4.78, 5) is 26.0. The van der Waals surface area contributed by atoms with Crippen LogP contribution in [-0.2, 0) is 20.2 Å². The largest absolute Gasteiger partial charge is 0.325 e. The summed E-state index contributed by atoms with van der Waals surface area (Å²) in [7, 11) is -3.54. The topological polar surface area (TPSA) is 83.6 Å². The van der Waals surface area contributed by atoms with E-state index in [0.29, 0.717) is 0 Å². The van der Waals surface area contributed by atoms with Crippen LogP contribution in [0.3, 0.4) is 0 Å². The van der Waals surface area contributed by atoms with E-state index < -0.39 is 38.9 Å². The van der Waals surface area contributed by atoms with Crippen molar-refractivity contribution in [2.45, 2.75) is 23.8 Å². The van der Waals surface area contributed by atoms with Gasteiger partial charge in [-0.3, -0.25) is 9.69 Å². The summed E-state index contributed by atoms with van der Waals surface area (Å²) in [6.07, 6.45) is 0.0459. The van der Waals surface area contributed by atoms with Gasteiger partial charge < -0.3 is 5.32 Å². The fourth-order valence-electron chi connectivity index (χ4n) is 3.06. The Labute approximate surface area is 161 Å². The number of hydrogen-bond acceptors (Lipinski definition) is 4. The van der Waals surface area contributed by atoms with E-state index in [1.165, 1.54) is 25.1 Å². The molecule has 3 amide bonds. The Morgan fingerprint density at radius 2 is 1.71 bits per heavy atom. The number of nitrogens with zero attached hydrogens (tertiary/aromatic N) is 1. The van der Waals surface area contributed by atoms with Crippen molar-refractivity contribution in [2.75, 3.05) is 12.3 Å². The van der Waals surface area contributed by atoms with Gasteiger partial charge in [-0.25, -0.2) is 22.0 Å². The maximum atomic E-state index is 13.5. The van der Waals surface area contributed by atoms with Crippen molar-refractivity contribution in [3.63, 3.8) is 0 Å². The molecule has 3 rings (SSSR count). The number of urea groups is 1. The molecule has 0 saturated carbocycles. The number of nitrogens with one attached hydrogen (secondary N) is 1. The van der Waals surface area contributed by atoms with E-state index in [9.17, 15) is 26.8 Å². The smallest absolute Gasteiger partial charge is 0.319 e. The lowest BCUT2D eigenvalue weighted by atomic mass is 9.92. The minimum Gasteiger partial charge on any atom is -0.319 e. The van der Waals surface area contributed by atoms with Gasteiger partial charge >= 0.3 is 6.03 Å². The predicted octanol–water partition coefficient (Wildman–Crippen LogP) is 2.60. The molecule has 1 saturated heterocycles. The monoisotopic (exact) mass is 408 g/mol. The molecule has 1 unspecified atom stereocenters. The van der Waals surface area contributed by atoms with Crippen LogP contribution in [0.2, 0.25) is 0 Å². The molecule has 1 fully saturated rings. The van der Waals surface area contributed by atoms with Crippen molar-refractivity contribution in [3.8, 4) is 0 Å². The second kappa shape index (κ2) is 7.31. The molecule has 2 aromatic rings. The zero-order valence-corrected chi connectivity index (χ0v) is 15.8. The standard InChI is InChI=1S/C19H18F2N2O4S/c1-19(13-8-9-15(20)16(21)12-13)17(24)23(18(25)22-19)10-5-11-28(26,27)14-6-3-2-4-7-14/h2-4,6-9,12H,5,10-11H2,1H3,(H,22,25). The Hall–Kier alpha value is -2.81. The summed E-state index contributed by atoms with van der Waals surface area (Å²) in [5.41, 5.74) is -1.45. The summed E-state index contributed by atoms with van der Waals surface area (Å²) < 4.78 is 51.3.